The summed E-state index contributed by atoms with van der Waals surface area (Å²) < 4.78 is 3.45. The molecule has 2 aromatic rings. The summed E-state index contributed by atoms with van der Waals surface area (Å²) in [4.78, 5) is 46.0. The third kappa shape index (κ3) is 3.99. The van der Waals surface area contributed by atoms with E-state index in [2.05, 4.69) is 30.7 Å². The van der Waals surface area contributed by atoms with Crippen LogP contribution in [0.3, 0.4) is 0 Å². The predicted molar refractivity (Wildman–Crippen MR) is 104 cm³/mol. The van der Waals surface area contributed by atoms with Gasteiger partial charge in [-0.25, -0.2) is 9.78 Å². The van der Waals surface area contributed by atoms with Crippen LogP contribution in [0.4, 0.5) is 0 Å². The Morgan fingerprint density at radius 2 is 1.96 bits per heavy atom. The van der Waals surface area contributed by atoms with E-state index in [1.54, 1.807) is 4.57 Å². The van der Waals surface area contributed by atoms with Crippen molar-refractivity contribution in [1.29, 1.82) is 0 Å². The first-order chi connectivity index (χ1) is 12.9. The molecule has 1 aliphatic rings. The third-order valence-electron chi connectivity index (χ3n) is 5.02. The van der Waals surface area contributed by atoms with Crippen molar-refractivity contribution < 1.29 is 4.79 Å². The Morgan fingerprint density at radius 1 is 1.22 bits per heavy atom. The molecule has 1 amide bonds. The second-order valence-corrected chi connectivity index (χ2v) is 7.70. The first-order valence-corrected chi connectivity index (χ1v) is 9.92. The molecule has 1 aliphatic heterocycles. The fraction of sp³-hybridized carbons (Fsp3) is 0.684. The number of aryl methyl sites for hydroxylation is 2. The summed E-state index contributed by atoms with van der Waals surface area (Å²) in [6.45, 7) is 9.00. The van der Waals surface area contributed by atoms with Gasteiger partial charge in [-0.15, -0.1) is 0 Å². The van der Waals surface area contributed by atoms with Crippen LogP contribution in [0.5, 0.6) is 0 Å². The Labute approximate surface area is 158 Å². The fourth-order valence-corrected chi connectivity index (χ4v) is 3.44. The van der Waals surface area contributed by atoms with E-state index in [1.165, 1.54) is 0 Å². The van der Waals surface area contributed by atoms with Gasteiger partial charge in [0.05, 0.1) is 0 Å². The standard InChI is InChI=1S/C19H29N5O3/c1-4-5-11-23-17-16(18(26)21-19(23)27)24(12-13(2)3)14(20-17)7-8-15(25)22-9-6-10-22/h13H,4-12H2,1-3H3,(H,21,26,27). The number of aromatic amines is 1. The molecule has 0 radical (unpaired) electrons. The molecule has 0 bridgehead atoms. The maximum atomic E-state index is 12.5. The molecular weight excluding hydrogens is 346 g/mol. The van der Waals surface area contributed by atoms with Crippen LogP contribution in [0.25, 0.3) is 11.2 Å². The summed E-state index contributed by atoms with van der Waals surface area (Å²) in [7, 11) is 0. The smallest absolute Gasteiger partial charge is 0.330 e. The van der Waals surface area contributed by atoms with Crippen LogP contribution in [-0.2, 0) is 24.3 Å². The quantitative estimate of drug-likeness (QED) is 0.757. The summed E-state index contributed by atoms with van der Waals surface area (Å²) in [5.41, 5.74) is 0.0459. The van der Waals surface area contributed by atoms with Crippen LogP contribution in [0.2, 0.25) is 0 Å². The predicted octanol–water partition coefficient (Wildman–Crippen LogP) is 1.51. The molecule has 3 heterocycles. The molecule has 1 saturated heterocycles. The minimum absolute atomic E-state index is 0.127. The number of unbranched alkanes of at least 4 members (excludes halogenated alkanes) is 1. The van der Waals surface area contributed by atoms with Gasteiger partial charge in [0, 0.05) is 39.0 Å². The molecule has 0 aliphatic carbocycles. The van der Waals surface area contributed by atoms with E-state index in [1.807, 2.05) is 9.47 Å². The van der Waals surface area contributed by atoms with Gasteiger partial charge in [-0.2, -0.15) is 0 Å². The van der Waals surface area contributed by atoms with Gasteiger partial charge in [-0.1, -0.05) is 27.2 Å². The van der Waals surface area contributed by atoms with Gasteiger partial charge in [0.15, 0.2) is 11.2 Å². The molecule has 0 saturated carbocycles. The minimum Gasteiger partial charge on any atom is -0.343 e. The number of imidazole rings is 1. The lowest BCUT2D eigenvalue weighted by Crippen LogP contribution is -2.42. The first-order valence-electron chi connectivity index (χ1n) is 9.92. The highest BCUT2D eigenvalue weighted by atomic mass is 16.2. The second-order valence-electron chi connectivity index (χ2n) is 7.70. The Bertz CT molecular complexity index is 933. The SMILES string of the molecule is CCCCn1c(=O)[nH]c(=O)c2c1nc(CCC(=O)N1CCC1)n2CC(C)C. The van der Waals surface area contributed by atoms with Gasteiger partial charge in [-0.05, 0) is 18.8 Å². The Hall–Kier alpha value is -2.38. The molecule has 3 rings (SSSR count). The Kier molecular flexibility index (Phi) is 5.82. The van der Waals surface area contributed by atoms with Crippen LogP contribution in [0.1, 0.15) is 52.3 Å². The van der Waals surface area contributed by atoms with Crippen molar-refractivity contribution in [2.75, 3.05) is 13.1 Å². The summed E-state index contributed by atoms with van der Waals surface area (Å²) in [5.74, 6) is 1.14. The number of H-pyrrole nitrogens is 1. The number of amides is 1. The van der Waals surface area contributed by atoms with Gasteiger partial charge < -0.3 is 9.47 Å². The van der Waals surface area contributed by atoms with E-state index in [0.717, 1.165) is 32.4 Å². The number of nitrogens with zero attached hydrogens (tertiary/aromatic N) is 4. The average Bonchev–Trinajstić information content (AvgIpc) is 2.89. The monoisotopic (exact) mass is 375 g/mol. The van der Waals surface area contributed by atoms with Crippen molar-refractivity contribution in [1.82, 2.24) is 24.0 Å². The highest BCUT2D eigenvalue weighted by Crippen LogP contribution is 2.17. The fourth-order valence-electron chi connectivity index (χ4n) is 3.44. The van der Waals surface area contributed by atoms with E-state index in [4.69, 9.17) is 0 Å². The summed E-state index contributed by atoms with van der Waals surface area (Å²) in [6.07, 6.45) is 3.69. The Balaban J connectivity index is 2.02. The van der Waals surface area contributed by atoms with Gasteiger partial charge in [0.25, 0.3) is 5.56 Å². The van der Waals surface area contributed by atoms with Crippen LogP contribution in [-0.4, -0.2) is 43.0 Å². The number of hydrogen-bond donors (Lipinski definition) is 1. The van der Waals surface area contributed by atoms with Crippen molar-refractivity contribution >= 4 is 17.1 Å². The zero-order valence-corrected chi connectivity index (χ0v) is 16.5. The molecule has 8 heteroatoms. The highest BCUT2D eigenvalue weighted by molar-refractivity contribution is 5.77. The lowest BCUT2D eigenvalue weighted by molar-refractivity contribution is -0.134. The first kappa shape index (κ1) is 19.4. The molecule has 0 unspecified atom stereocenters. The van der Waals surface area contributed by atoms with Crippen molar-refractivity contribution in [3.05, 3.63) is 26.7 Å². The number of fused-ring (bicyclic) bond motifs is 1. The zero-order valence-electron chi connectivity index (χ0n) is 16.5. The van der Waals surface area contributed by atoms with E-state index >= 15 is 0 Å². The van der Waals surface area contributed by atoms with E-state index in [0.29, 0.717) is 48.8 Å². The van der Waals surface area contributed by atoms with Crippen molar-refractivity contribution in [2.24, 2.45) is 5.92 Å². The number of rotatable bonds is 8. The number of likely N-dealkylation sites (tertiary alicyclic amines) is 1. The summed E-state index contributed by atoms with van der Waals surface area (Å²) >= 11 is 0. The number of carbonyl (C=O) groups excluding carboxylic acids is 1. The number of nitrogens with one attached hydrogen (secondary N) is 1. The van der Waals surface area contributed by atoms with Gasteiger partial charge in [0.1, 0.15) is 5.82 Å². The molecule has 8 nitrogen and oxygen atoms in total. The molecule has 27 heavy (non-hydrogen) atoms. The van der Waals surface area contributed by atoms with Gasteiger partial charge >= 0.3 is 5.69 Å². The highest BCUT2D eigenvalue weighted by Gasteiger charge is 2.23. The number of aromatic nitrogens is 4. The number of carbonyl (C=O) groups is 1. The van der Waals surface area contributed by atoms with Crippen molar-refractivity contribution in [2.45, 2.75) is 66.0 Å². The molecule has 0 aromatic carbocycles. The molecule has 1 fully saturated rings. The van der Waals surface area contributed by atoms with Crippen LogP contribution < -0.4 is 11.2 Å². The number of hydrogen-bond acceptors (Lipinski definition) is 4. The van der Waals surface area contributed by atoms with Gasteiger partial charge in [-0.3, -0.25) is 19.1 Å². The summed E-state index contributed by atoms with van der Waals surface area (Å²) in [5, 5.41) is 0. The lowest BCUT2D eigenvalue weighted by atomic mass is 10.1. The van der Waals surface area contributed by atoms with Crippen LogP contribution in [0.15, 0.2) is 9.59 Å². The minimum atomic E-state index is -0.418. The maximum absolute atomic E-state index is 12.5. The van der Waals surface area contributed by atoms with E-state index < -0.39 is 11.2 Å². The van der Waals surface area contributed by atoms with Crippen LogP contribution >= 0.6 is 0 Å². The molecular formula is C19H29N5O3. The van der Waals surface area contributed by atoms with E-state index in [-0.39, 0.29) is 5.91 Å². The molecule has 148 valence electrons. The zero-order chi connectivity index (χ0) is 19.6. The molecule has 0 atom stereocenters. The van der Waals surface area contributed by atoms with Gasteiger partial charge in [0.2, 0.25) is 5.91 Å². The summed E-state index contributed by atoms with van der Waals surface area (Å²) in [6, 6.07) is 0. The molecule has 1 N–H and O–H groups in total. The van der Waals surface area contributed by atoms with E-state index in [9.17, 15) is 14.4 Å². The van der Waals surface area contributed by atoms with Crippen molar-refractivity contribution in [3.8, 4) is 0 Å². The Morgan fingerprint density at radius 3 is 2.56 bits per heavy atom. The maximum Gasteiger partial charge on any atom is 0.330 e. The van der Waals surface area contributed by atoms with Crippen LogP contribution in [0, 0.1) is 5.92 Å². The average molecular weight is 375 g/mol. The second kappa shape index (κ2) is 8.10. The largest absolute Gasteiger partial charge is 0.343 e. The topological polar surface area (TPSA) is 93.0 Å². The van der Waals surface area contributed by atoms with Crippen molar-refractivity contribution in [3.63, 3.8) is 0 Å². The molecule has 2 aromatic heterocycles. The normalized spacial score (nSPS) is 14.1. The molecule has 0 spiro atoms. The third-order valence-corrected chi connectivity index (χ3v) is 5.02. The lowest BCUT2D eigenvalue weighted by Gasteiger charge is -2.30.